The minimum Gasteiger partial charge on any atom is -0.361 e. The molecule has 2 amide bonds. The second kappa shape index (κ2) is 4.62. The van der Waals surface area contributed by atoms with Crippen LogP contribution in [-0.2, 0) is 16.0 Å². The average molecular weight is 283 g/mol. The van der Waals surface area contributed by atoms with Crippen molar-refractivity contribution >= 4 is 22.7 Å². The summed E-state index contributed by atoms with van der Waals surface area (Å²) in [7, 11) is 0. The zero-order valence-corrected chi connectivity index (χ0v) is 11.6. The van der Waals surface area contributed by atoms with Gasteiger partial charge in [-0.3, -0.25) is 9.59 Å². The molecule has 1 aromatic heterocycles. The number of nitrogens with one attached hydrogen (secondary N) is 2. The van der Waals surface area contributed by atoms with E-state index in [1.807, 2.05) is 30.5 Å². The Labute approximate surface area is 122 Å². The molecule has 2 saturated heterocycles. The highest BCUT2D eigenvalue weighted by atomic mass is 16.2. The monoisotopic (exact) mass is 283 g/mol. The molecular weight excluding hydrogens is 266 g/mol. The second-order valence-corrected chi connectivity index (χ2v) is 5.81. The van der Waals surface area contributed by atoms with Crippen LogP contribution in [-0.4, -0.2) is 40.3 Å². The van der Waals surface area contributed by atoms with Gasteiger partial charge in [-0.15, -0.1) is 0 Å². The number of hydrogen-bond donors (Lipinski definition) is 2. The maximum Gasteiger partial charge on any atom is 0.246 e. The number of fused-ring (bicyclic) bond motifs is 2. The molecule has 2 aromatic rings. The Balaban J connectivity index is 1.62. The van der Waals surface area contributed by atoms with Crippen LogP contribution in [0, 0.1) is 0 Å². The summed E-state index contributed by atoms with van der Waals surface area (Å²) in [5.74, 6) is 0.0549. The summed E-state index contributed by atoms with van der Waals surface area (Å²) in [4.78, 5) is 29.6. The van der Waals surface area contributed by atoms with Crippen molar-refractivity contribution in [3.05, 3.63) is 36.0 Å². The van der Waals surface area contributed by atoms with E-state index < -0.39 is 6.04 Å². The Kier molecular flexibility index (Phi) is 2.74. The number of carbonyl (C=O) groups excluding carboxylic acids is 2. The smallest absolute Gasteiger partial charge is 0.246 e. The lowest BCUT2D eigenvalue weighted by Crippen LogP contribution is -2.61. The van der Waals surface area contributed by atoms with Crippen LogP contribution in [0.3, 0.4) is 0 Å². The van der Waals surface area contributed by atoms with Gasteiger partial charge in [0, 0.05) is 30.1 Å². The maximum atomic E-state index is 12.5. The van der Waals surface area contributed by atoms with Crippen LogP contribution in [0.2, 0.25) is 0 Å². The molecule has 5 nitrogen and oxygen atoms in total. The van der Waals surface area contributed by atoms with Gasteiger partial charge in [-0.2, -0.15) is 0 Å². The van der Waals surface area contributed by atoms with Crippen molar-refractivity contribution in [1.29, 1.82) is 0 Å². The number of nitrogens with zero attached hydrogens (tertiary/aromatic N) is 1. The fourth-order valence-corrected chi connectivity index (χ4v) is 3.49. The minimum atomic E-state index is -0.439. The first-order valence-corrected chi connectivity index (χ1v) is 7.40. The number of aromatic amines is 1. The molecule has 2 aliphatic heterocycles. The van der Waals surface area contributed by atoms with E-state index in [1.165, 1.54) is 0 Å². The summed E-state index contributed by atoms with van der Waals surface area (Å²) in [6.07, 6.45) is 4.18. The summed E-state index contributed by atoms with van der Waals surface area (Å²) >= 11 is 0. The summed E-state index contributed by atoms with van der Waals surface area (Å²) in [5.41, 5.74) is 2.13. The van der Waals surface area contributed by atoms with Crippen LogP contribution in [0.25, 0.3) is 10.9 Å². The molecule has 0 aliphatic carbocycles. The highest BCUT2D eigenvalue weighted by Crippen LogP contribution is 2.25. The summed E-state index contributed by atoms with van der Waals surface area (Å²) in [6, 6.07) is 7.33. The van der Waals surface area contributed by atoms with Crippen molar-refractivity contribution in [3.8, 4) is 0 Å². The highest BCUT2D eigenvalue weighted by Gasteiger charge is 2.42. The van der Waals surface area contributed by atoms with Gasteiger partial charge in [0.1, 0.15) is 12.1 Å². The predicted molar refractivity (Wildman–Crippen MR) is 78.7 cm³/mol. The van der Waals surface area contributed by atoms with Gasteiger partial charge in [-0.25, -0.2) is 0 Å². The van der Waals surface area contributed by atoms with Crippen LogP contribution in [0.1, 0.15) is 18.4 Å². The highest BCUT2D eigenvalue weighted by molar-refractivity contribution is 5.98. The molecule has 3 heterocycles. The van der Waals surface area contributed by atoms with Crippen molar-refractivity contribution in [1.82, 2.24) is 15.2 Å². The molecule has 5 heteroatoms. The van der Waals surface area contributed by atoms with Gasteiger partial charge in [0.2, 0.25) is 11.8 Å². The topological polar surface area (TPSA) is 65.2 Å². The summed E-state index contributed by atoms with van der Waals surface area (Å²) < 4.78 is 0. The molecule has 0 radical (unpaired) electrons. The Morgan fingerprint density at radius 1 is 1.24 bits per heavy atom. The maximum absolute atomic E-state index is 12.5. The number of carbonyl (C=O) groups is 2. The SMILES string of the molecule is O=C1NC(Cc2c[nH]c3ccccc23)C(=O)N2CCCC12. The molecule has 2 atom stereocenters. The molecular formula is C16H17N3O2. The van der Waals surface area contributed by atoms with E-state index in [2.05, 4.69) is 10.3 Å². The molecule has 4 rings (SSSR count). The van der Waals surface area contributed by atoms with Crippen LogP contribution >= 0.6 is 0 Å². The molecule has 21 heavy (non-hydrogen) atoms. The number of aromatic nitrogens is 1. The standard InChI is InChI=1S/C16H17N3O2/c20-15-14-6-3-7-19(14)16(21)13(18-15)8-10-9-17-12-5-2-1-4-11(10)12/h1-2,4-5,9,13-14,17H,3,6-8H2,(H,18,20). The molecule has 2 N–H and O–H groups in total. The first kappa shape index (κ1) is 12.4. The first-order valence-electron chi connectivity index (χ1n) is 7.40. The lowest BCUT2D eigenvalue weighted by molar-refractivity contribution is -0.146. The quantitative estimate of drug-likeness (QED) is 0.870. The van der Waals surface area contributed by atoms with E-state index in [9.17, 15) is 9.59 Å². The van der Waals surface area contributed by atoms with Gasteiger partial charge in [0.05, 0.1) is 0 Å². The van der Waals surface area contributed by atoms with Gasteiger partial charge in [0.15, 0.2) is 0 Å². The summed E-state index contributed by atoms with van der Waals surface area (Å²) in [5, 5.41) is 4.01. The fraction of sp³-hybridized carbons (Fsp3) is 0.375. The van der Waals surface area contributed by atoms with E-state index in [-0.39, 0.29) is 17.9 Å². The molecule has 1 aromatic carbocycles. The van der Waals surface area contributed by atoms with Crippen molar-refractivity contribution in [3.63, 3.8) is 0 Å². The van der Waals surface area contributed by atoms with Crippen LogP contribution < -0.4 is 5.32 Å². The molecule has 2 fully saturated rings. The third-order valence-corrected chi connectivity index (χ3v) is 4.55. The van der Waals surface area contributed by atoms with E-state index in [0.29, 0.717) is 13.0 Å². The van der Waals surface area contributed by atoms with Gasteiger partial charge in [0.25, 0.3) is 0 Å². The molecule has 0 spiro atoms. The molecule has 0 saturated carbocycles. The van der Waals surface area contributed by atoms with Gasteiger partial charge < -0.3 is 15.2 Å². The Morgan fingerprint density at radius 3 is 3.00 bits per heavy atom. The Bertz CT molecular complexity index is 721. The van der Waals surface area contributed by atoms with Crippen molar-refractivity contribution in [2.24, 2.45) is 0 Å². The lowest BCUT2D eigenvalue weighted by atomic mass is 10.0. The van der Waals surface area contributed by atoms with Gasteiger partial charge in [-0.05, 0) is 24.5 Å². The predicted octanol–water partition coefficient (Wildman–Crippen LogP) is 1.20. The van der Waals surface area contributed by atoms with E-state index in [0.717, 1.165) is 29.3 Å². The summed E-state index contributed by atoms with van der Waals surface area (Å²) in [6.45, 7) is 0.710. The van der Waals surface area contributed by atoms with Crippen LogP contribution in [0.5, 0.6) is 0 Å². The molecule has 0 bridgehead atoms. The second-order valence-electron chi connectivity index (χ2n) is 5.81. The normalized spacial score (nSPS) is 25.2. The number of para-hydroxylation sites is 1. The number of amides is 2. The minimum absolute atomic E-state index is 0.00283. The molecule has 2 aliphatic rings. The number of benzene rings is 1. The Hall–Kier alpha value is -2.30. The molecule has 2 unspecified atom stereocenters. The Morgan fingerprint density at radius 2 is 2.10 bits per heavy atom. The van der Waals surface area contributed by atoms with E-state index in [4.69, 9.17) is 0 Å². The number of rotatable bonds is 2. The van der Waals surface area contributed by atoms with Gasteiger partial charge in [-0.1, -0.05) is 18.2 Å². The third-order valence-electron chi connectivity index (χ3n) is 4.55. The van der Waals surface area contributed by atoms with E-state index >= 15 is 0 Å². The van der Waals surface area contributed by atoms with Crippen molar-refractivity contribution < 1.29 is 9.59 Å². The number of H-pyrrole nitrogens is 1. The third kappa shape index (κ3) is 1.92. The fourth-order valence-electron chi connectivity index (χ4n) is 3.49. The van der Waals surface area contributed by atoms with Crippen molar-refractivity contribution in [2.45, 2.75) is 31.3 Å². The molecule has 108 valence electrons. The van der Waals surface area contributed by atoms with Crippen LogP contribution in [0.15, 0.2) is 30.5 Å². The first-order chi connectivity index (χ1) is 10.2. The number of hydrogen-bond acceptors (Lipinski definition) is 2. The van der Waals surface area contributed by atoms with Crippen LogP contribution in [0.4, 0.5) is 0 Å². The number of piperazine rings is 1. The average Bonchev–Trinajstić information content (AvgIpc) is 3.12. The van der Waals surface area contributed by atoms with E-state index in [1.54, 1.807) is 4.90 Å². The largest absolute Gasteiger partial charge is 0.361 e. The zero-order valence-electron chi connectivity index (χ0n) is 11.6. The zero-order chi connectivity index (χ0) is 14.4. The van der Waals surface area contributed by atoms with Crippen molar-refractivity contribution in [2.75, 3.05) is 6.54 Å². The van der Waals surface area contributed by atoms with Gasteiger partial charge >= 0.3 is 0 Å². The lowest BCUT2D eigenvalue weighted by Gasteiger charge is -2.34.